The van der Waals surface area contributed by atoms with E-state index < -0.39 is 8.32 Å². The first-order valence-corrected chi connectivity index (χ1v) is 22.9. The minimum Gasteiger partial charge on any atom is -0.465 e. The molecular formula is C52H55NO3Si. The maximum atomic E-state index is 10.8. The average molecular weight is 770 g/mol. The molecule has 0 N–H and O–H groups in total. The number of nitrogens with zero attached hydrogens (tertiary/aromatic N) is 1. The first-order valence-electron chi connectivity index (χ1n) is 20.0. The van der Waals surface area contributed by atoms with Gasteiger partial charge in [-0.3, -0.25) is 0 Å². The minimum absolute atomic E-state index is 0.239. The van der Waals surface area contributed by atoms with Crippen molar-refractivity contribution in [3.05, 3.63) is 222 Å². The molecule has 6 aromatic rings. The Bertz CT molecular complexity index is 2100. The first-order chi connectivity index (χ1) is 27.8. The van der Waals surface area contributed by atoms with Crippen LogP contribution in [0, 0.1) is 17.8 Å². The van der Waals surface area contributed by atoms with Gasteiger partial charge >= 0.3 is 5.97 Å². The molecule has 290 valence electrons. The molecule has 0 bridgehead atoms. The van der Waals surface area contributed by atoms with Crippen LogP contribution in [0.15, 0.2) is 195 Å². The minimum atomic E-state index is -1.79. The van der Waals surface area contributed by atoms with E-state index in [-0.39, 0.29) is 12.1 Å². The average Bonchev–Trinajstić information content (AvgIpc) is 3.81. The van der Waals surface area contributed by atoms with Crippen LogP contribution in [0.25, 0.3) is 6.08 Å². The van der Waals surface area contributed by atoms with Crippen LogP contribution in [0.4, 0.5) is 5.69 Å². The largest absolute Gasteiger partial charge is 0.465 e. The number of carbonyl (C=O) groups is 1. The lowest BCUT2D eigenvalue weighted by Gasteiger charge is -2.27. The number of benzene rings is 6. The van der Waals surface area contributed by atoms with Crippen molar-refractivity contribution in [2.24, 2.45) is 17.8 Å². The summed E-state index contributed by atoms with van der Waals surface area (Å²) in [6.07, 6.45) is 9.45. The van der Waals surface area contributed by atoms with E-state index in [1.54, 1.807) is 24.3 Å². The fraction of sp³-hybridized carbons (Fsp3) is 0.212. The molecule has 5 heteroatoms. The van der Waals surface area contributed by atoms with E-state index in [0.717, 1.165) is 13.1 Å². The number of rotatable bonds is 10. The van der Waals surface area contributed by atoms with Gasteiger partial charge in [0.25, 0.3) is 0 Å². The van der Waals surface area contributed by atoms with Crippen molar-refractivity contribution >= 4 is 31.2 Å². The molecule has 4 atom stereocenters. The summed E-state index contributed by atoms with van der Waals surface area (Å²) >= 11 is 0. The molecule has 2 aliphatic rings. The molecule has 1 aliphatic heterocycles. The van der Waals surface area contributed by atoms with E-state index in [0.29, 0.717) is 23.3 Å². The normalized spacial score (nSPS) is 18.9. The lowest BCUT2D eigenvalue weighted by Crippen LogP contribution is -2.40. The highest BCUT2D eigenvalue weighted by molar-refractivity contribution is 6.85. The second-order valence-electron chi connectivity index (χ2n) is 15.2. The van der Waals surface area contributed by atoms with Gasteiger partial charge < -0.3 is 14.1 Å². The van der Waals surface area contributed by atoms with E-state index in [9.17, 15) is 4.79 Å². The van der Waals surface area contributed by atoms with Gasteiger partial charge in [0.1, 0.15) is 0 Å². The van der Waals surface area contributed by atoms with E-state index in [4.69, 9.17) is 4.43 Å². The Balaban J connectivity index is 0.000000158. The molecule has 1 fully saturated rings. The van der Waals surface area contributed by atoms with Gasteiger partial charge in [-0.15, -0.1) is 6.58 Å². The standard InChI is InChI=1S/C24H28OSi.C20H19N.C8H8O2/c1-4-18-16-20(15-14-19-10-6-5-7-11-19)22(17-18)24-21-12-8-9-13-23(21)26(2,3)25-24;1-4-10-18(11-5-1)16-21(20-14-8-3-9-15-20)17-19-12-6-2-7-13-19;1-10-8(9)7-5-3-2-4-6-7/h4-15,18,20,22,24H,1,16-17H2,2-3H3;1-15H,16-17H2;2-6H,1H3/b15-14+;;. The first kappa shape index (κ1) is 40.9. The molecule has 6 aromatic carbocycles. The molecule has 0 amide bonds. The Kier molecular flexibility index (Phi) is 14.7. The van der Waals surface area contributed by atoms with Crippen LogP contribution in [0.1, 0.15) is 51.6 Å². The van der Waals surface area contributed by atoms with Crippen molar-refractivity contribution in [1.82, 2.24) is 0 Å². The third-order valence-corrected chi connectivity index (χ3v) is 13.4. The van der Waals surface area contributed by atoms with Gasteiger partial charge in [0.15, 0.2) is 0 Å². The molecule has 4 nitrogen and oxygen atoms in total. The van der Waals surface area contributed by atoms with Gasteiger partial charge in [0, 0.05) is 18.8 Å². The molecule has 0 radical (unpaired) electrons. The molecule has 1 saturated carbocycles. The molecule has 0 aromatic heterocycles. The summed E-state index contributed by atoms with van der Waals surface area (Å²) in [5.41, 5.74) is 7.22. The lowest BCUT2D eigenvalue weighted by atomic mass is 9.86. The molecule has 0 spiro atoms. The third kappa shape index (κ3) is 11.4. The highest BCUT2D eigenvalue weighted by Crippen LogP contribution is 2.49. The summed E-state index contributed by atoms with van der Waals surface area (Å²) < 4.78 is 11.2. The lowest BCUT2D eigenvalue weighted by molar-refractivity contribution is 0.0600. The van der Waals surface area contributed by atoms with Crippen LogP contribution in [0.3, 0.4) is 0 Å². The van der Waals surface area contributed by atoms with Crippen molar-refractivity contribution in [3.8, 4) is 0 Å². The SMILES string of the molecule is C=CC1CC(/C=C/c2ccccc2)C(C2O[Si](C)(C)c3ccccc32)C1.COC(=O)c1ccccc1.c1ccc(CN(Cc2ccccc2)c2ccccc2)cc1. The van der Waals surface area contributed by atoms with E-state index in [2.05, 4.69) is 193 Å². The molecule has 1 heterocycles. The number of carbonyl (C=O) groups excluding carboxylic acids is 1. The smallest absolute Gasteiger partial charge is 0.337 e. The number of ether oxygens (including phenoxy) is 1. The van der Waals surface area contributed by atoms with Gasteiger partial charge in [-0.25, -0.2) is 4.79 Å². The molecule has 8 rings (SSSR count). The van der Waals surface area contributed by atoms with Crippen molar-refractivity contribution in [2.45, 2.75) is 45.1 Å². The van der Waals surface area contributed by atoms with Gasteiger partial charge in [-0.2, -0.15) is 0 Å². The van der Waals surface area contributed by atoms with Crippen LogP contribution in [0.5, 0.6) is 0 Å². The van der Waals surface area contributed by atoms with Crippen LogP contribution in [0.2, 0.25) is 13.1 Å². The number of hydrogen-bond acceptors (Lipinski definition) is 4. The zero-order chi connectivity index (χ0) is 39.9. The Morgan fingerprint density at radius 1 is 0.702 bits per heavy atom. The number of fused-ring (bicyclic) bond motifs is 1. The van der Waals surface area contributed by atoms with Crippen molar-refractivity contribution < 1.29 is 14.0 Å². The van der Waals surface area contributed by atoms with E-state index >= 15 is 0 Å². The van der Waals surface area contributed by atoms with Crippen LogP contribution in [-0.4, -0.2) is 21.4 Å². The number of hydrogen-bond donors (Lipinski definition) is 0. The Labute approximate surface area is 341 Å². The summed E-state index contributed by atoms with van der Waals surface area (Å²) in [7, 11) is -0.420. The predicted octanol–water partition coefficient (Wildman–Crippen LogP) is 12.1. The number of anilines is 1. The predicted molar refractivity (Wildman–Crippen MR) is 240 cm³/mol. The van der Waals surface area contributed by atoms with Crippen molar-refractivity contribution in [3.63, 3.8) is 0 Å². The van der Waals surface area contributed by atoms with Crippen LogP contribution < -0.4 is 10.1 Å². The summed E-state index contributed by atoms with van der Waals surface area (Å²) in [4.78, 5) is 13.2. The fourth-order valence-corrected chi connectivity index (χ4v) is 10.4. The Hall–Kier alpha value is -5.75. The number of allylic oxidation sites excluding steroid dienone is 2. The summed E-state index contributed by atoms with van der Waals surface area (Å²) in [6.45, 7) is 10.6. The van der Waals surface area contributed by atoms with E-state index in [1.807, 2.05) is 6.07 Å². The van der Waals surface area contributed by atoms with Gasteiger partial charge in [-0.05, 0) is 95.4 Å². The summed E-state index contributed by atoms with van der Waals surface area (Å²) in [6, 6.07) is 60.2. The van der Waals surface area contributed by atoms with E-state index in [1.165, 1.54) is 53.1 Å². The van der Waals surface area contributed by atoms with Crippen LogP contribution >= 0.6 is 0 Å². The number of para-hydroxylation sites is 1. The second-order valence-corrected chi connectivity index (χ2v) is 19.0. The molecule has 57 heavy (non-hydrogen) atoms. The Morgan fingerprint density at radius 3 is 1.77 bits per heavy atom. The Morgan fingerprint density at radius 2 is 1.21 bits per heavy atom. The topological polar surface area (TPSA) is 38.8 Å². The summed E-state index contributed by atoms with van der Waals surface area (Å²) in [5, 5.41) is 1.48. The highest BCUT2D eigenvalue weighted by atomic mass is 28.4. The number of methoxy groups -OCH3 is 1. The van der Waals surface area contributed by atoms with Gasteiger partial charge in [0.05, 0.1) is 18.8 Å². The van der Waals surface area contributed by atoms with Crippen molar-refractivity contribution in [1.29, 1.82) is 0 Å². The summed E-state index contributed by atoms with van der Waals surface area (Å²) in [5.74, 6) is 1.37. The highest BCUT2D eigenvalue weighted by Gasteiger charge is 2.47. The van der Waals surface area contributed by atoms with Gasteiger partial charge in [-0.1, -0.05) is 170 Å². The molecular weight excluding hydrogens is 715 g/mol. The molecule has 1 aliphatic carbocycles. The molecule has 4 unspecified atom stereocenters. The van der Waals surface area contributed by atoms with Crippen molar-refractivity contribution in [2.75, 3.05) is 12.0 Å². The fourth-order valence-electron chi connectivity index (χ4n) is 7.94. The quantitative estimate of drug-likeness (QED) is 0.0790. The maximum absolute atomic E-state index is 10.8. The number of esters is 1. The third-order valence-electron chi connectivity index (χ3n) is 10.8. The monoisotopic (exact) mass is 769 g/mol. The second kappa shape index (κ2) is 20.4. The zero-order valence-electron chi connectivity index (χ0n) is 33.5. The zero-order valence-corrected chi connectivity index (χ0v) is 34.5. The van der Waals surface area contributed by atoms with Crippen LogP contribution in [-0.2, 0) is 22.3 Å². The molecule has 0 saturated heterocycles. The maximum Gasteiger partial charge on any atom is 0.337 e. The van der Waals surface area contributed by atoms with Gasteiger partial charge in [0.2, 0.25) is 8.32 Å².